The summed E-state index contributed by atoms with van der Waals surface area (Å²) in [5.74, 6) is 0.690. The quantitative estimate of drug-likeness (QED) is 0.539. The molecule has 0 N–H and O–H groups in total. The molecular weight excluding hydrogens is 258 g/mol. The molecule has 0 atom stereocenters. The van der Waals surface area contributed by atoms with Gasteiger partial charge in [-0.1, -0.05) is 0 Å². The molecule has 6 heteroatoms. The molecule has 112 valence electrons. The van der Waals surface area contributed by atoms with E-state index in [0.29, 0.717) is 12.3 Å². The Morgan fingerprint density at radius 3 is 2.50 bits per heavy atom. The van der Waals surface area contributed by atoms with Crippen molar-refractivity contribution in [1.82, 2.24) is 9.80 Å². The fourth-order valence-electron chi connectivity index (χ4n) is 2.03. The maximum Gasteiger partial charge on any atom is 0.270 e. The van der Waals surface area contributed by atoms with Crippen LogP contribution < -0.4 is 4.74 Å². The highest BCUT2D eigenvalue weighted by Gasteiger charge is 2.12. The maximum atomic E-state index is 10.8. The van der Waals surface area contributed by atoms with E-state index in [1.54, 1.807) is 19.2 Å². The molecule has 0 aliphatic heterocycles. The van der Waals surface area contributed by atoms with Crippen LogP contribution in [-0.4, -0.2) is 56.1 Å². The second-order valence-corrected chi connectivity index (χ2v) is 5.15. The predicted molar refractivity (Wildman–Crippen MR) is 79.2 cm³/mol. The summed E-state index contributed by atoms with van der Waals surface area (Å²) in [5, 5.41) is 10.8. The Kier molecular flexibility index (Phi) is 6.41. The van der Waals surface area contributed by atoms with E-state index in [2.05, 4.69) is 9.80 Å². The highest BCUT2D eigenvalue weighted by atomic mass is 16.6. The van der Waals surface area contributed by atoms with E-state index in [1.165, 1.54) is 6.07 Å². The van der Waals surface area contributed by atoms with Crippen LogP contribution in [0.3, 0.4) is 0 Å². The Morgan fingerprint density at radius 2 is 1.95 bits per heavy atom. The van der Waals surface area contributed by atoms with Crippen molar-refractivity contribution in [2.24, 2.45) is 0 Å². The molecular formula is C14H23N3O3. The van der Waals surface area contributed by atoms with E-state index in [9.17, 15) is 10.1 Å². The second-order valence-electron chi connectivity index (χ2n) is 5.15. The van der Waals surface area contributed by atoms with Crippen molar-refractivity contribution in [3.05, 3.63) is 33.9 Å². The predicted octanol–water partition coefficient (Wildman–Crippen LogP) is 1.99. The first-order valence-electron chi connectivity index (χ1n) is 6.58. The number of non-ortho nitro benzene ring substituents is 1. The van der Waals surface area contributed by atoms with Gasteiger partial charge in [0.15, 0.2) is 0 Å². The van der Waals surface area contributed by atoms with Gasteiger partial charge >= 0.3 is 0 Å². The zero-order valence-electron chi connectivity index (χ0n) is 12.6. The summed E-state index contributed by atoms with van der Waals surface area (Å²) in [6.45, 7) is 2.60. The number of benzene rings is 1. The number of rotatable bonds is 8. The Bertz CT molecular complexity index is 449. The van der Waals surface area contributed by atoms with Crippen LogP contribution in [0.1, 0.15) is 12.0 Å². The molecule has 1 rings (SSSR count). The van der Waals surface area contributed by atoms with Crippen LogP contribution in [0.4, 0.5) is 5.69 Å². The molecule has 0 amide bonds. The largest absolute Gasteiger partial charge is 0.496 e. The lowest BCUT2D eigenvalue weighted by Crippen LogP contribution is -2.23. The van der Waals surface area contributed by atoms with Crippen LogP contribution in [0.25, 0.3) is 0 Å². The van der Waals surface area contributed by atoms with Gasteiger partial charge in [-0.05, 0) is 46.7 Å². The first kappa shape index (κ1) is 16.4. The Labute approximate surface area is 120 Å². The summed E-state index contributed by atoms with van der Waals surface area (Å²) in [7, 11) is 7.68. The van der Waals surface area contributed by atoms with E-state index < -0.39 is 0 Å². The number of nitrogens with zero attached hydrogens (tertiary/aromatic N) is 3. The van der Waals surface area contributed by atoms with Crippen molar-refractivity contribution < 1.29 is 9.66 Å². The van der Waals surface area contributed by atoms with Crippen LogP contribution in [0.2, 0.25) is 0 Å². The lowest BCUT2D eigenvalue weighted by Gasteiger charge is -2.19. The van der Waals surface area contributed by atoms with Gasteiger partial charge in [0.05, 0.1) is 12.0 Å². The normalized spacial score (nSPS) is 11.1. The number of nitro groups is 1. The van der Waals surface area contributed by atoms with Crippen LogP contribution >= 0.6 is 0 Å². The van der Waals surface area contributed by atoms with Crippen LogP contribution in [0.5, 0.6) is 5.75 Å². The zero-order valence-corrected chi connectivity index (χ0v) is 12.6. The molecule has 0 aliphatic rings. The molecule has 0 saturated carbocycles. The molecule has 0 saturated heterocycles. The molecule has 0 spiro atoms. The van der Waals surface area contributed by atoms with E-state index in [0.717, 1.165) is 25.1 Å². The molecule has 0 aromatic heterocycles. The average Bonchev–Trinajstić information content (AvgIpc) is 2.38. The van der Waals surface area contributed by atoms with Gasteiger partial charge in [-0.15, -0.1) is 0 Å². The standard InChI is InChI=1S/C14H23N3O3/c1-15(2)8-5-9-16(3)11-12-10-13(17(18)19)6-7-14(12)20-4/h6-7,10H,5,8-9,11H2,1-4H3. The third kappa shape index (κ3) is 5.14. The minimum atomic E-state index is -0.380. The van der Waals surface area contributed by atoms with Crippen LogP contribution in [0, 0.1) is 10.1 Å². The molecule has 0 fully saturated rings. The van der Waals surface area contributed by atoms with Crippen molar-refractivity contribution in [3.63, 3.8) is 0 Å². The first-order valence-corrected chi connectivity index (χ1v) is 6.58. The minimum Gasteiger partial charge on any atom is -0.496 e. The summed E-state index contributed by atoms with van der Waals surface area (Å²) in [4.78, 5) is 14.7. The number of hydrogen-bond acceptors (Lipinski definition) is 5. The fourth-order valence-corrected chi connectivity index (χ4v) is 2.03. The molecule has 6 nitrogen and oxygen atoms in total. The van der Waals surface area contributed by atoms with Gasteiger partial charge in [0.1, 0.15) is 5.75 Å². The lowest BCUT2D eigenvalue weighted by molar-refractivity contribution is -0.384. The van der Waals surface area contributed by atoms with Crippen molar-refractivity contribution in [3.8, 4) is 5.75 Å². The van der Waals surface area contributed by atoms with Gasteiger partial charge in [-0.2, -0.15) is 0 Å². The summed E-state index contributed by atoms with van der Waals surface area (Å²) in [6.07, 6.45) is 1.06. The first-order chi connectivity index (χ1) is 9.43. The van der Waals surface area contributed by atoms with E-state index >= 15 is 0 Å². The highest BCUT2D eigenvalue weighted by Crippen LogP contribution is 2.25. The summed E-state index contributed by atoms with van der Waals surface area (Å²) < 4.78 is 5.27. The summed E-state index contributed by atoms with van der Waals surface area (Å²) in [5.41, 5.74) is 0.941. The fraction of sp³-hybridized carbons (Fsp3) is 0.571. The van der Waals surface area contributed by atoms with Gasteiger partial charge in [0.25, 0.3) is 5.69 Å². The Hall–Kier alpha value is -1.66. The SMILES string of the molecule is COc1ccc([N+](=O)[O-])cc1CN(C)CCCN(C)C. The van der Waals surface area contributed by atoms with Crippen LogP contribution in [-0.2, 0) is 6.54 Å². The second kappa shape index (κ2) is 7.81. The smallest absolute Gasteiger partial charge is 0.270 e. The van der Waals surface area contributed by atoms with Gasteiger partial charge in [-0.3, -0.25) is 10.1 Å². The third-order valence-corrected chi connectivity index (χ3v) is 3.06. The number of nitro benzene ring substituents is 1. The molecule has 0 unspecified atom stereocenters. The van der Waals surface area contributed by atoms with Crippen LogP contribution in [0.15, 0.2) is 18.2 Å². The monoisotopic (exact) mass is 281 g/mol. The molecule has 0 bridgehead atoms. The number of methoxy groups -OCH3 is 1. The number of ether oxygens (including phenoxy) is 1. The van der Waals surface area contributed by atoms with Crippen molar-refractivity contribution >= 4 is 5.69 Å². The van der Waals surface area contributed by atoms with Gasteiger partial charge < -0.3 is 14.5 Å². The topological polar surface area (TPSA) is 58.9 Å². The molecule has 0 radical (unpaired) electrons. The van der Waals surface area contributed by atoms with Crippen molar-refractivity contribution in [2.45, 2.75) is 13.0 Å². The average molecular weight is 281 g/mol. The van der Waals surface area contributed by atoms with Gasteiger partial charge in [0, 0.05) is 24.2 Å². The molecule has 0 heterocycles. The molecule has 0 aliphatic carbocycles. The summed E-state index contributed by atoms with van der Waals surface area (Å²) >= 11 is 0. The van der Waals surface area contributed by atoms with Crippen molar-refractivity contribution in [1.29, 1.82) is 0 Å². The summed E-state index contributed by atoms with van der Waals surface area (Å²) in [6, 6.07) is 4.71. The van der Waals surface area contributed by atoms with Gasteiger partial charge in [-0.25, -0.2) is 0 Å². The van der Waals surface area contributed by atoms with Crippen molar-refractivity contribution in [2.75, 3.05) is 41.3 Å². The lowest BCUT2D eigenvalue weighted by atomic mass is 10.1. The minimum absolute atomic E-state index is 0.0995. The van der Waals surface area contributed by atoms with Gasteiger partial charge in [0.2, 0.25) is 0 Å². The Morgan fingerprint density at radius 1 is 1.25 bits per heavy atom. The van der Waals surface area contributed by atoms with E-state index in [1.807, 2.05) is 21.1 Å². The molecule has 1 aromatic rings. The Balaban J connectivity index is 2.69. The highest BCUT2D eigenvalue weighted by molar-refractivity contribution is 5.43. The maximum absolute atomic E-state index is 10.8. The molecule has 20 heavy (non-hydrogen) atoms. The number of hydrogen-bond donors (Lipinski definition) is 0. The van der Waals surface area contributed by atoms with E-state index in [4.69, 9.17) is 4.74 Å². The zero-order chi connectivity index (χ0) is 15.1. The third-order valence-electron chi connectivity index (χ3n) is 3.06. The molecule has 1 aromatic carbocycles. The van der Waals surface area contributed by atoms with E-state index in [-0.39, 0.29) is 10.6 Å².